The third kappa shape index (κ3) is 6.52. The van der Waals surface area contributed by atoms with Crippen molar-refractivity contribution in [2.24, 2.45) is 5.92 Å². The smallest absolute Gasteiger partial charge is 0.0888 e. The lowest BCUT2D eigenvalue weighted by molar-refractivity contribution is 0.122. The van der Waals surface area contributed by atoms with Crippen LogP contribution in [0.15, 0.2) is 30.9 Å². The molecule has 0 saturated carbocycles. The van der Waals surface area contributed by atoms with Crippen molar-refractivity contribution < 1.29 is 4.74 Å². The Labute approximate surface area is 110 Å². The van der Waals surface area contributed by atoms with E-state index in [1.807, 2.05) is 24.3 Å². The second kappa shape index (κ2) is 8.84. The van der Waals surface area contributed by atoms with E-state index < -0.39 is 0 Å². The van der Waals surface area contributed by atoms with E-state index in [1.54, 1.807) is 0 Å². The monoisotopic (exact) mass is 248 g/mol. The van der Waals surface area contributed by atoms with Crippen LogP contribution in [0, 0.1) is 5.92 Å². The molecule has 0 atom stereocenters. The first-order valence-corrected chi connectivity index (χ1v) is 6.56. The van der Waals surface area contributed by atoms with Gasteiger partial charge in [0.25, 0.3) is 0 Å². The van der Waals surface area contributed by atoms with Gasteiger partial charge in [0.1, 0.15) is 0 Å². The Bertz CT molecular complexity index is 350. The molecule has 100 valence electrons. The van der Waals surface area contributed by atoms with Gasteiger partial charge in [0.05, 0.1) is 24.6 Å². The van der Waals surface area contributed by atoms with Gasteiger partial charge >= 0.3 is 0 Å². The zero-order valence-corrected chi connectivity index (χ0v) is 11.5. The lowest BCUT2D eigenvalue weighted by atomic mass is 10.2. The maximum Gasteiger partial charge on any atom is 0.0888 e. The molecule has 0 unspecified atom stereocenters. The SMILES string of the molecule is C=CCCOCc1cccc(CNCC(C)C)n1. The predicted molar refractivity (Wildman–Crippen MR) is 75.3 cm³/mol. The fraction of sp³-hybridized carbons (Fsp3) is 0.533. The van der Waals surface area contributed by atoms with Crippen LogP contribution in [-0.4, -0.2) is 18.1 Å². The van der Waals surface area contributed by atoms with Crippen LogP contribution in [0.1, 0.15) is 31.7 Å². The van der Waals surface area contributed by atoms with Crippen LogP contribution in [0.4, 0.5) is 0 Å². The highest BCUT2D eigenvalue weighted by atomic mass is 16.5. The number of pyridine rings is 1. The number of nitrogens with zero attached hydrogens (tertiary/aromatic N) is 1. The quantitative estimate of drug-likeness (QED) is 0.539. The Hall–Kier alpha value is -1.19. The first-order valence-electron chi connectivity index (χ1n) is 6.56. The predicted octanol–water partition coefficient (Wildman–Crippen LogP) is 2.92. The Morgan fingerprint density at radius 3 is 2.89 bits per heavy atom. The van der Waals surface area contributed by atoms with E-state index in [2.05, 4.69) is 30.7 Å². The van der Waals surface area contributed by atoms with E-state index in [0.29, 0.717) is 19.1 Å². The molecule has 0 amide bonds. The standard InChI is InChI=1S/C15H24N2O/c1-4-5-9-18-12-15-8-6-7-14(17-15)11-16-10-13(2)3/h4,6-8,13,16H,1,5,9-12H2,2-3H3. The van der Waals surface area contributed by atoms with Gasteiger partial charge in [-0.3, -0.25) is 4.98 Å². The van der Waals surface area contributed by atoms with E-state index >= 15 is 0 Å². The number of ether oxygens (including phenoxy) is 1. The van der Waals surface area contributed by atoms with Crippen molar-refractivity contribution in [3.63, 3.8) is 0 Å². The van der Waals surface area contributed by atoms with Crippen molar-refractivity contribution in [3.05, 3.63) is 42.2 Å². The molecule has 1 rings (SSSR count). The summed E-state index contributed by atoms with van der Waals surface area (Å²) in [6.07, 6.45) is 2.75. The van der Waals surface area contributed by atoms with Gasteiger partial charge in [-0.2, -0.15) is 0 Å². The van der Waals surface area contributed by atoms with Crippen LogP contribution < -0.4 is 5.32 Å². The molecule has 0 aliphatic rings. The summed E-state index contributed by atoms with van der Waals surface area (Å²) in [5, 5.41) is 3.39. The zero-order valence-electron chi connectivity index (χ0n) is 11.5. The van der Waals surface area contributed by atoms with Crippen LogP contribution in [0.2, 0.25) is 0 Å². The normalized spacial score (nSPS) is 10.8. The first-order chi connectivity index (χ1) is 8.72. The van der Waals surface area contributed by atoms with Crippen LogP contribution in [0.3, 0.4) is 0 Å². The van der Waals surface area contributed by atoms with Crippen LogP contribution in [0.25, 0.3) is 0 Å². The minimum Gasteiger partial charge on any atom is -0.375 e. The highest BCUT2D eigenvalue weighted by Crippen LogP contribution is 2.02. The van der Waals surface area contributed by atoms with Crippen molar-refractivity contribution in [2.45, 2.75) is 33.4 Å². The Kier molecular flexibility index (Phi) is 7.30. The summed E-state index contributed by atoms with van der Waals surface area (Å²) in [5.41, 5.74) is 2.06. The molecule has 0 fully saturated rings. The summed E-state index contributed by atoms with van der Waals surface area (Å²) in [7, 11) is 0. The van der Waals surface area contributed by atoms with Gasteiger partial charge in [0.2, 0.25) is 0 Å². The molecule has 3 heteroatoms. The second-order valence-corrected chi connectivity index (χ2v) is 4.77. The molecule has 1 aromatic heterocycles. The minimum atomic E-state index is 0.575. The molecule has 1 heterocycles. The number of nitrogens with one attached hydrogen (secondary N) is 1. The van der Waals surface area contributed by atoms with Gasteiger partial charge in [-0.05, 0) is 31.0 Å². The zero-order chi connectivity index (χ0) is 13.2. The third-order valence-electron chi connectivity index (χ3n) is 2.44. The van der Waals surface area contributed by atoms with E-state index in [0.717, 1.165) is 30.9 Å². The highest BCUT2D eigenvalue weighted by Gasteiger charge is 1.99. The van der Waals surface area contributed by atoms with Gasteiger partial charge in [-0.25, -0.2) is 0 Å². The molecule has 1 N–H and O–H groups in total. The molecule has 1 aromatic rings. The highest BCUT2D eigenvalue weighted by molar-refractivity contribution is 5.10. The lowest BCUT2D eigenvalue weighted by Gasteiger charge is -2.08. The number of aromatic nitrogens is 1. The number of hydrogen-bond donors (Lipinski definition) is 1. The topological polar surface area (TPSA) is 34.1 Å². The summed E-state index contributed by atoms with van der Waals surface area (Å²) in [5.74, 6) is 0.662. The van der Waals surface area contributed by atoms with Crippen molar-refractivity contribution in [1.82, 2.24) is 10.3 Å². The maximum atomic E-state index is 5.50. The van der Waals surface area contributed by atoms with Crippen LogP contribution in [-0.2, 0) is 17.9 Å². The Morgan fingerprint density at radius 2 is 2.17 bits per heavy atom. The molecular formula is C15H24N2O. The third-order valence-corrected chi connectivity index (χ3v) is 2.44. The van der Waals surface area contributed by atoms with Crippen molar-refractivity contribution in [3.8, 4) is 0 Å². The van der Waals surface area contributed by atoms with Gasteiger partial charge in [-0.1, -0.05) is 26.0 Å². The number of hydrogen-bond acceptors (Lipinski definition) is 3. The Balaban J connectivity index is 2.34. The van der Waals surface area contributed by atoms with Crippen molar-refractivity contribution in [2.75, 3.05) is 13.2 Å². The molecule has 3 nitrogen and oxygen atoms in total. The van der Waals surface area contributed by atoms with Gasteiger partial charge in [-0.15, -0.1) is 6.58 Å². The average molecular weight is 248 g/mol. The second-order valence-electron chi connectivity index (χ2n) is 4.77. The number of rotatable bonds is 9. The lowest BCUT2D eigenvalue weighted by Crippen LogP contribution is -2.19. The summed E-state index contributed by atoms with van der Waals surface area (Å²) in [6, 6.07) is 6.08. The molecule has 0 radical (unpaired) electrons. The minimum absolute atomic E-state index is 0.575. The van der Waals surface area contributed by atoms with Crippen LogP contribution >= 0.6 is 0 Å². The van der Waals surface area contributed by atoms with Gasteiger partial charge in [0.15, 0.2) is 0 Å². The van der Waals surface area contributed by atoms with E-state index in [4.69, 9.17) is 4.74 Å². The molecule has 18 heavy (non-hydrogen) atoms. The van der Waals surface area contributed by atoms with Crippen LogP contribution in [0.5, 0.6) is 0 Å². The fourth-order valence-electron chi connectivity index (χ4n) is 1.54. The van der Waals surface area contributed by atoms with Gasteiger partial charge < -0.3 is 10.1 Å². The Morgan fingerprint density at radius 1 is 1.39 bits per heavy atom. The summed E-state index contributed by atoms with van der Waals surface area (Å²) >= 11 is 0. The van der Waals surface area contributed by atoms with Gasteiger partial charge in [0, 0.05) is 6.54 Å². The molecular weight excluding hydrogens is 224 g/mol. The summed E-state index contributed by atoms with van der Waals surface area (Å²) in [6.45, 7) is 11.2. The molecule has 0 aliphatic heterocycles. The molecule has 0 aromatic carbocycles. The molecule has 0 aliphatic carbocycles. The molecule has 0 saturated heterocycles. The molecule has 0 bridgehead atoms. The summed E-state index contributed by atoms with van der Waals surface area (Å²) < 4.78 is 5.50. The van der Waals surface area contributed by atoms with Crippen molar-refractivity contribution >= 4 is 0 Å². The van der Waals surface area contributed by atoms with Crippen molar-refractivity contribution in [1.29, 1.82) is 0 Å². The average Bonchev–Trinajstić information content (AvgIpc) is 2.35. The summed E-state index contributed by atoms with van der Waals surface area (Å²) in [4.78, 5) is 4.55. The maximum absolute atomic E-state index is 5.50. The molecule has 0 spiro atoms. The van der Waals surface area contributed by atoms with E-state index in [9.17, 15) is 0 Å². The fourth-order valence-corrected chi connectivity index (χ4v) is 1.54. The first kappa shape index (κ1) is 14.9. The van der Waals surface area contributed by atoms with E-state index in [-0.39, 0.29) is 0 Å². The largest absolute Gasteiger partial charge is 0.375 e. The van der Waals surface area contributed by atoms with E-state index in [1.165, 1.54) is 0 Å².